The molecule has 0 aromatic rings. The number of aliphatic hydroxyl groups is 3. The number of nitrogens with zero attached hydrogens (tertiary/aromatic N) is 3. The lowest BCUT2D eigenvalue weighted by atomic mass is 9.41. The van der Waals surface area contributed by atoms with Gasteiger partial charge in [-0.2, -0.15) is 0 Å². The number of carbonyl (C=O) groups is 4. The number of carbonyl (C=O) groups excluding carboxylic acids is 4. The van der Waals surface area contributed by atoms with Crippen LogP contribution < -0.4 is 0 Å². The number of esters is 4. The molecule has 20 atom stereocenters. The number of hydrogen-bond acceptors (Lipinski definition) is 14. The van der Waals surface area contributed by atoms with E-state index >= 15 is 0 Å². The Kier molecular flexibility index (Phi) is 8.19. The lowest BCUT2D eigenvalue weighted by Gasteiger charge is -2.65. The van der Waals surface area contributed by atoms with Gasteiger partial charge in [0, 0.05) is 60.3 Å². The molecule has 292 valence electrons. The van der Waals surface area contributed by atoms with Gasteiger partial charge in [-0.15, -0.1) is 0 Å². The second kappa shape index (κ2) is 11.8. The molecule has 5 aliphatic carbocycles. The van der Waals surface area contributed by atoms with Crippen molar-refractivity contribution in [3.63, 3.8) is 0 Å². The van der Waals surface area contributed by atoms with Gasteiger partial charge in [0.2, 0.25) is 5.79 Å². The first-order valence-corrected chi connectivity index (χ1v) is 19.0. The van der Waals surface area contributed by atoms with Crippen LogP contribution in [0.15, 0.2) is 5.11 Å². The third-order valence-electron chi connectivity index (χ3n) is 15.8. The van der Waals surface area contributed by atoms with E-state index in [9.17, 15) is 34.5 Å². The Balaban J connectivity index is 1.34. The fourth-order valence-corrected chi connectivity index (χ4v) is 13.5. The Morgan fingerprint density at radius 2 is 1.62 bits per heavy atom. The zero-order chi connectivity index (χ0) is 38.4. The Labute approximate surface area is 307 Å². The number of unbranched alkanes of at least 4 members (excludes halogenated alkanes) is 1. The van der Waals surface area contributed by atoms with Crippen molar-refractivity contribution in [2.75, 3.05) is 6.54 Å². The molecular weight excluding hydrogens is 694 g/mol. The first-order valence-electron chi connectivity index (χ1n) is 19.0. The molecule has 8 fully saturated rings. The predicted octanol–water partition coefficient (Wildman–Crippen LogP) is 2.33. The minimum absolute atomic E-state index is 0.0281. The predicted molar refractivity (Wildman–Crippen MR) is 178 cm³/mol. The molecule has 3 N–H and O–H groups in total. The highest BCUT2D eigenvalue weighted by Gasteiger charge is 2.93. The van der Waals surface area contributed by atoms with Crippen LogP contribution in [0.25, 0.3) is 10.4 Å². The molecule has 0 amide bonds. The molecule has 8 rings (SSSR count). The third kappa shape index (κ3) is 4.56. The highest BCUT2D eigenvalue weighted by atomic mass is 16.8. The van der Waals surface area contributed by atoms with Gasteiger partial charge >= 0.3 is 23.9 Å². The van der Waals surface area contributed by atoms with Gasteiger partial charge in [0.05, 0.1) is 23.7 Å². The largest absolute Gasteiger partial charge is 0.462 e. The van der Waals surface area contributed by atoms with E-state index in [-0.39, 0.29) is 31.4 Å². The average molecular weight is 746 g/mol. The monoisotopic (exact) mass is 745 g/mol. The van der Waals surface area contributed by atoms with Crippen molar-refractivity contribution in [3.05, 3.63) is 10.4 Å². The van der Waals surface area contributed by atoms with Gasteiger partial charge in [-0.1, -0.05) is 25.9 Å². The molecule has 16 nitrogen and oxygen atoms in total. The van der Waals surface area contributed by atoms with Gasteiger partial charge < -0.3 is 43.7 Å². The summed E-state index contributed by atoms with van der Waals surface area (Å²) in [7, 11) is 0. The maximum Gasteiger partial charge on any atom is 0.341 e. The molecule has 2 unspecified atom stereocenters. The SMILES string of the molecule is CC(=O)O[C@H]1C2C([C@@H]3[C@@H](OC(=O)CCCCN=[N+]=[N-])[C@@H]4[C@H]([C@H](C)[C@H]5O[C@]56OC(=O)[C@@](C)(O)[C@]46C)[C@@]3(C)[C@H]1OC(C)=O)[C@@H](O)C[C@H]1C[C@@H]3O[C@@H]3[C@H](O)[C@]21C. The van der Waals surface area contributed by atoms with Crippen LogP contribution in [0.3, 0.4) is 0 Å². The Bertz CT molecular complexity index is 1670. The summed E-state index contributed by atoms with van der Waals surface area (Å²) in [6.45, 7) is 11.6. The van der Waals surface area contributed by atoms with E-state index in [1.165, 1.54) is 20.8 Å². The van der Waals surface area contributed by atoms with Gasteiger partial charge in [0.1, 0.15) is 30.5 Å². The minimum atomic E-state index is -2.11. The standard InChI is InChI=1S/C37H51N3O13/c1-14-22-25(35(6)36(7,47)32(46)53-37(35)30(14)52-37)27(51-20(44)10-8-9-11-39-40-38)23-21-18(43)12-17-13-19-26(50-19)29(45)33(17,4)24(21)28(48-15(2)41)31(34(22,23)5)49-16(3)42/h14,17-19,21-31,43,45,47H,8-13H2,1-7H3/t14-,17-,18-,19-,21?,22-,23+,24?,25-,26-,27+,28-,29-,30+,31-,33-,34+,35-,36+,37-/m0/s1. The summed E-state index contributed by atoms with van der Waals surface area (Å²) in [4.78, 5) is 56.7. The summed E-state index contributed by atoms with van der Waals surface area (Å²) in [6.07, 6.45) is -5.07. The molecule has 0 radical (unpaired) electrons. The number of fused-ring (bicyclic) bond motifs is 9. The number of rotatable bonds is 8. The Morgan fingerprint density at radius 1 is 0.943 bits per heavy atom. The van der Waals surface area contributed by atoms with Gasteiger partial charge in [0.25, 0.3) is 0 Å². The van der Waals surface area contributed by atoms with Crippen molar-refractivity contribution in [2.24, 2.45) is 62.8 Å². The molecule has 16 heteroatoms. The highest BCUT2D eigenvalue weighted by molar-refractivity contribution is 5.84. The lowest BCUT2D eigenvalue weighted by Crippen LogP contribution is -2.72. The maximum absolute atomic E-state index is 14.0. The molecule has 5 saturated carbocycles. The number of ether oxygens (including phenoxy) is 6. The molecule has 1 spiro atoms. The zero-order valence-corrected chi connectivity index (χ0v) is 31.2. The molecule has 53 heavy (non-hydrogen) atoms. The van der Waals surface area contributed by atoms with Crippen LogP contribution in [0.4, 0.5) is 0 Å². The van der Waals surface area contributed by atoms with E-state index in [1.807, 2.05) is 20.8 Å². The first-order chi connectivity index (χ1) is 24.8. The summed E-state index contributed by atoms with van der Waals surface area (Å²) >= 11 is 0. The second-order valence-electron chi connectivity index (χ2n) is 17.9. The van der Waals surface area contributed by atoms with Gasteiger partial charge in [-0.05, 0) is 68.7 Å². The van der Waals surface area contributed by atoms with Crippen molar-refractivity contribution in [1.29, 1.82) is 0 Å². The number of aliphatic hydroxyl groups excluding tert-OH is 2. The van der Waals surface area contributed by atoms with Gasteiger partial charge in [0.15, 0.2) is 5.60 Å². The molecule has 0 aromatic carbocycles. The Hall–Kier alpha value is -3.01. The summed E-state index contributed by atoms with van der Waals surface area (Å²) in [5.41, 5.74) is 2.88. The molecule has 3 heterocycles. The summed E-state index contributed by atoms with van der Waals surface area (Å²) in [5.74, 6) is -8.73. The van der Waals surface area contributed by atoms with Crippen LogP contribution in [0.5, 0.6) is 0 Å². The van der Waals surface area contributed by atoms with Crippen LogP contribution in [-0.2, 0) is 47.6 Å². The lowest BCUT2D eigenvalue weighted by molar-refractivity contribution is -0.280. The van der Waals surface area contributed by atoms with Gasteiger partial charge in [-0.3, -0.25) is 14.4 Å². The number of hydrogen-bond donors (Lipinski definition) is 3. The van der Waals surface area contributed by atoms with Crippen LogP contribution in [0.2, 0.25) is 0 Å². The topological polar surface area (TPSA) is 240 Å². The minimum Gasteiger partial charge on any atom is -0.462 e. The quantitative estimate of drug-likeness (QED) is 0.0616. The summed E-state index contributed by atoms with van der Waals surface area (Å²) in [6, 6.07) is 0. The fourth-order valence-electron chi connectivity index (χ4n) is 13.5. The average Bonchev–Trinajstić information content (AvgIpc) is 3.98. The van der Waals surface area contributed by atoms with Crippen molar-refractivity contribution >= 4 is 23.9 Å². The normalized spacial score (nSPS) is 54.8. The highest BCUT2D eigenvalue weighted by Crippen LogP contribution is 2.81. The van der Waals surface area contributed by atoms with Crippen molar-refractivity contribution in [2.45, 2.75) is 141 Å². The molecule has 3 aliphatic heterocycles. The first kappa shape index (κ1) is 36.9. The van der Waals surface area contributed by atoms with Crippen LogP contribution >= 0.6 is 0 Å². The second-order valence-corrected chi connectivity index (χ2v) is 17.9. The van der Waals surface area contributed by atoms with E-state index in [1.54, 1.807) is 6.92 Å². The molecule has 0 bridgehead atoms. The summed E-state index contributed by atoms with van der Waals surface area (Å²) < 4.78 is 37.3. The summed E-state index contributed by atoms with van der Waals surface area (Å²) in [5, 5.41) is 40.3. The zero-order valence-electron chi connectivity index (χ0n) is 31.2. The number of epoxide rings is 2. The van der Waals surface area contributed by atoms with Crippen LogP contribution in [0, 0.1) is 57.7 Å². The fraction of sp³-hybridized carbons (Fsp3) is 0.892. The molecule has 8 aliphatic rings. The maximum atomic E-state index is 14.0. The van der Waals surface area contributed by atoms with Crippen molar-refractivity contribution in [3.8, 4) is 0 Å². The van der Waals surface area contributed by atoms with E-state index in [0.717, 1.165) is 0 Å². The van der Waals surface area contributed by atoms with E-state index in [0.29, 0.717) is 19.3 Å². The van der Waals surface area contributed by atoms with E-state index in [2.05, 4.69) is 10.0 Å². The number of azide groups is 1. The van der Waals surface area contributed by atoms with Crippen molar-refractivity contribution < 1.29 is 62.9 Å². The van der Waals surface area contributed by atoms with E-state index in [4.69, 9.17) is 34.0 Å². The molecule has 0 aromatic heterocycles. The van der Waals surface area contributed by atoms with E-state index < -0.39 is 130 Å². The molecule has 3 saturated heterocycles. The Morgan fingerprint density at radius 3 is 2.28 bits per heavy atom. The van der Waals surface area contributed by atoms with Gasteiger partial charge in [-0.25, -0.2) is 4.79 Å². The van der Waals surface area contributed by atoms with Crippen LogP contribution in [0.1, 0.15) is 80.6 Å². The van der Waals surface area contributed by atoms with Crippen molar-refractivity contribution in [1.82, 2.24) is 0 Å². The molecular formula is C37H51N3O13. The van der Waals surface area contributed by atoms with Crippen LogP contribution in [-0.4, -0.2) is 106 Å². The third-order valence-corrected chi connectivity index (χ3v) is 15.8. The smallest absolute Gasteiger partial charge is 0.341 e.